The van der Waals surface area contributed by atoms with Gasteiger partial charge < -0.3 is 86.9 Å². The van der Waals surface area contributed by atoms with Gasteiger partial charge in [0.15, 0.2) is 0 Å². The number of ether oxygens (including phenoxy) is 1. The van der Waals surface area contributed by atoms with E-state index in [2.05, 4.69) is 21.3 Å². The lowest BCUT2D eigenvalue weighted by molar-refractivity contribution is -0.117. The number of aliphatic hydroxyl groups excluding tert-OH is 10. The van der Waals surface area contributed by atoms with E-state index in [-0.39, 0.29) is 81.2 Å². The number of nitrogens with zero attached hydrogens (tertiary/aromatic N) is 2. The van der Waals surface area contributed by atoms with Crippen LogP contribution in [0.3, 0.4) is 0 Å². The van der Waals surface area contributed by atoms with Crippen molar-refractivity contribution in [3.63, 3.8) is 0 Å². The summed E-state index contributed by atoms with van der Waals surface area (Å²) in [5.74, 6) is -4.42. The van der Waals surface area contributed by atoms with Crippen LogP contribution in [0.1, 0.15) is 55.3 Å². The SMILES string of the molecule is CC(=O)N(CC(O)COCC(O)CN(C(C)=O)c1c(I)c(C(=O)NCC(O)CO)c(I)c(C(=O)NCC(O)CO)c1I)c1c(I)c(C(=O)NCC(O)CO)c(I)c(C(=O)NCC(O)CO)c1I. The lowest BCUT2D eigenvalue weighted by Gasteiger charge is -2.30. The molecule has 2 rings (SSSR count). The maximum atomic E-state index is 13.5. The first-order chi connectivity index (χ1) is 31.4. The maximum absolute atomic E-state index is 13.5. The van der Waals surface area contributed by atoms with Crippen molar-refractivity contribution in [2.45, 2.75) is 50.5 Å². The molecule has 2 aromatic carbocycles. The monoisotopic (exact) mass is 1620 g/mol. The predicted octanol–water partition coefficient (Wildman–Crippen LogP) is -2.21. The Morgan fingerprint density at radius 2 is 0.657 bits per heavy atom. The number of aliphatic hydroxyl groups is 10. The number of anilines is 2. The lowest BCUT2D eigenvalue weighted by Crippen LogP contribution is -2.42. The molecular weight excluding hydrogens is 1570 g/mol. The summed E-state index contributed by atoms with van der Waals surface area (Å²) < 4.78 is 6.50. The van der Waals surface area contributed by atoms with Crippen LogP contribution in [-0.4, -0.2) is 202 Å². The van der Waals surface area contributed by atoms with Crippen molar-refractivity contribution >= 4 is 182 Å². The van der Waals surface area contributed by atoms with Crippen LogP contribution in [0.5, 0.6) is 0 Å². The third-order valence-corrected chi connectivity index (χ3v) is 15.4. The fourth-order valence-electron chi connectivity index (χ4n) is 5.65. The van der Waals surface area contributed by atoms with Crippen LogP contribution in [0, 0.1) is 21.4 Å². The Balaban J connectivity index is 2.50. The van der Waals surface area contributed by atoms with Crippen molar-refractivity contribution in [3.8, 4) is 0 Å². The van der Waals surface area contributed by atoms with Crippen LogP contribution < -0.4 is 31.1 Å². The molecule has 0 radical (unpaired) electrons. The molecule has 2 aromatic rings. The number of benzene rings is 2. The molecule has 0 bridgehead atoms. The smallest absolute Gasteiger partial charge is 0.253 e. The highest BCUT2D eigenvalue weighted by molar-refractivity contribution is 14.1. The molecule has 6 atom stereocenters. The molecule has 376 valence electrons. The van der Waals surface area contributed by atoms with E-state index in [0.29, 0.717) is 0 Å². The van der Waals surface area contributed by atoms with Gasteiger partial charge in [-0.05, 0) is 136 Å². The average molecular weight is 1620 g/mol. The fourth-order valence-corrected chi connectivity index (χ4v) is 15.1. The van der Waals surface area contributed by atoms with Gasteiger partial charge in [-0.2, -0.15) is 0 Å². The molecule has 0 aromatic heterocycles. The Morgan fingerprint density at radius 1 is 0.433 bits per heavy atom. The third kappa shape index (κ3) is 17.7. The quantitative estimate of drug-likeness (QED) is 0.0444. The van der Waals surface area contributed by atoms with Gasteiger partial charge >= 0.3 is 0 Å². The topological polar surface area (TPSA) is 369 Å². The Labute approximate surface area is 465 Å². The van der Waals surface area contributed by atoms with E-state index in [1.54, 1.807) is 136 Å². The molecule has 14 N–H and O–H groups in total. The number of hydrogen-bond acceptors (Lipinski definition) is 17. The summed E-state index contributed by atoms with van der Waals surface area (Å²) in [5.41, 5.74) is -0.314. The van der Waals surface area contributed by atoms with Crippen molar-refractivity contribution in [2.24, 2.45) is 0 Å². The number of amides is 6. The van der Waals surface area contributed by atoms with E-state index in [9.17, 15) is 79.8 Å². The minimum Gasteiger partial charge on any atom is -0.394 e. The summed E-state index contributed by atoms with van der Waals surface area (Å²) in [5, 5.41) is 109. The summed E-state index contributed by atoms with van der Waals surface area (Å²) in [6.45, 7) is -3.77. The van der Waals surface area contributed by atoms with Crippen molar-refractivity contribution in [3.05, 3.63) is 43.7 Å². The summed E-state index contributed by atoms with van der Waals surface area (Å²) in [4.78, 5) is 82.9. The second-order valence-corrected chi connectivity index (χ2v) is 20.8. The molecule has 0 aliphatic rings. The molecule has 6 amide bonds. The largest absolute Gasteiger partial charge is 0.394 e. The number of rotatable bonds is 26. The van der Waals surface area contributed by atoms with E-state index in [1.807, 2.05) is 0 Å². The van der Waals surface area contributed by atoms with Crippen molar-refractivity contribution < 1.29 is 84.6 Å². The number of carbonyl (C=O) groups excluding carboxylic acids is 6. The highest BCUT2D eigenvalue weighted by atomic mass is 127. The molecule has 23 nitrogen and oxygen atoms in total. The first-order valence-corrected chi connectivity index (χ1v) is 26.1. The van der Waals surface area contributed by atoms with Crippen molar-refractivity contribution in [2.75, 3.05) is 88.7 Å². The fraction of sp³-hybridized carbons (Fsp3) is 0.526. The minimum atomic E-state index is -1.48. The van der Waals surface area contributed by atoms with E-state index in [0.717, 1.165) is 9.80 Å². The maximum Gasteiger partial charge on any atom is 0.253 e. The van der Waals surface area contributed by atoms with Gasteiger partial charge in [0.25, 0.3) is 23.6 Å². The van der Waals surface area contributed by atoms with Gasteiger partial charge in [-0.15, -0.1) is 0 Å². The molecular formula is C38H50I6N6O17. The Hall–Kier alpha value is -0.800. The molecule has 0 fully saturated rings. The molecule has 0 heterocycles. The summed E-state index contributed by atoms with van der Waals surface area (Å²) in [7, 11) is 0. The van der Waals surface area contributed by atoms with Gasteiger partial charge in [-0.1, -0.05) is 0 Å². The number of nitrogens with one attached hydrogen (secondary N) is 4. The zero-order chi connectivity index (χ0) is 51.0. The van der Waals surface area contributed by atoms with Crippen LogP contribution in [0.2, 0.25) is 0 Å². The van der Waals surface area contributed by atoms with Crippen LogP contribution >= 0.6 is 136 Å². The van der Waals surface area contributed by atoms with Gasteiger partial charge in [-0.3, -0.25) is 28.8 Å². The van der Waals surface area contributed by atoms with Crippen LogP contribution in [-0.2, 0) is 14.3 Å². The van der Waals surface area contributed by atoms with E-state index in [4.69, 9.17) is 4.74 Å². The minimum absolute atomic E-state index is 0.0305. The molecule has 0 saturated carbocycles. The van der Waals surface area contributed by atoms with Crippen LogP contribution in [0.25, 0.3) is 0 Å². The Bertz CT molecular complexity index is 1860. The Morgan fingerprint density at radius 3 is 0.851 bits per heavy atom. The first-order valence-electron chi connectivity index (χ1n) is 19.6. The highest BCUT2D eigenvalue weighted by Crippen LogP contribution is 2.40. The van der Waals surface area contributed by atoms with Gasteiger partial charge in [-0.25, -0.2) is 0 Å². The van der Waals surface area contributed by atoms with Crippen molar-refractivity contribution in [1.82, 2.24) is 21.3 Å². The zero-order valence-electron chi connectivity index (χ0n) is 35.4. The summed E-state index contributed by atoms with van der Waals surface area (Å²) in [6.07, 6.45) is -8.22. The summed E-state index contributed by atoms with van der Waals surface area (Å²) in [6, 6.07) is 0. The average Bonchev–Trinajstić information content (AvgIpc) is 3.27. The van der Waals surface area contributed by atoms with Gasteiger partial charge in [0.2, 0.25) is 11.8 Å². The molecule has 0 spiro atoms. The van der Waals surface area contributed by atoms with Crippen LogP contribution in [0.4, 0.5) is 11.4 Å². The number of carbonyl (C=O) groups is 6. The highest BCUT2D eigenvalue weighted by Gasteiger charge is 2.34. The summed E-state index contributed by atoms with van der Waals surface area (Å²) >= 11 is 10.7. The standard InChI is InChI=1S/C38H50I6N6O17/c1-15(55)49(33-29(41)23(35(63)45-3-17(57)9-51)27(39)24(30(33)42)36(64)46-4-18(58)10-52)7-21(61)13-67-14-22(62)8-50(16(2)56)34-31(43)25(37(65)47-5-19(59)11-53)28(40)26(32(34)44)38(66)48-6-20(60)12-54/h17-22,51-54,57-62H,3-14H2,1-2H3,(H,45,63)(H,46,64)(H,47,65)(H,48,66). The molecule has 29 heteroatoms. The van der Waals surface area contributed by atoms with E-state index < -0.39 is 125 Å². The molecule has 6 unspecified atom stereocenters. The van der Waals surface area contributed by atoms with Gasteiger partial charge in [0.1, 0.15) is 0 Å². The van der Waals surface area contributed by atoms with E-state index >= 15 is 0 Å². The van der Waals surface area contributed by atoms with E-state index in [1.165, 1.54) is 13.8 Å². The van der Waals surface area contributed by atoms with Crippen molar-refractivity contribution in [1.29, 1.82) is 0 Å². The number of hydrogen-bond donors (Lipinski definition) is 14. The number of halogens is 6. The normalized spacial score (nSPS) is 14.0. The third-order valence-electron chi connectivity index (χ3n) is 9.04. The first kappa shape index (κ1) is 62.3. The Kier molecular flexibility index (Phi) is 28.2. The van der Waals surface area contributed by atoms with Gasteiger partial charge in [0, 0.05) is 47.2 Å². The molecule has 0 saturated heterocycles. The zero-order valence-corrected chi connectivity index (χ0v) is 48.4. The molecule has 0 aliphatic carbocycles. The molecule has 0 aliphatic heterocycles. The van der Waals surface area contributed by atoms with Crippen LogP contribution in [0.15, 0.2) is 0 Å². The lowest BCUT2D eigenvalue weighted by atomic mass is 10.1. The second-order valence-electron chi connectivity index (χ2n) is 14.4. The predicted molar refractivity (Wildman–Crippen MR) is 290 cm³/mol. The molecule has 67 heavy (non-hydrogen) atoms. The van der Waals surface area contributed by atoms with Gasteiger partial charge in [0.05, 0.1) is 137 Å². The second kappa shape index (κ2) is 30.3.